The predicted octanol–water partition coefficient (Wildman–Crippen LogP) is -0.455. The summed E-state index contributed by atoms with van der Waals surface area (Å²) in [5.74, 6) is -1.94. The van der Waals surface area contributed by atoms with Crippen LogP contribution in [0.5, 0.6) is 0 Å². The Labute approximate surface area is 166 Å². The Morgan fingerprint density at radius 3 is 2.54 bits per heavy atom. The number of nitrogens with two attached hydrogens (primary N) is 1. The van der Waals surface area contributed by atoms with Gasteiger partial charge in [-0.25, -0.2) is 9.59 Å². The van der Waals surface area contributed by atoms with Crippen LogP contribution in [0, 0.1) is 17.2 Å². The van der Waals surface area contributed by atoms with E-state index < -0.39 is 24.0 Å². The molecule has 154 valence electrons. The van der Waals surface area contributed by atoms with E-state index in [2.05, 4.69) is 0 Å². The summed E-state index contributed by atoms with van der Waals surface area (Å²) in [6, 6.07) is -0.922. The summed E-state index contributed by atoms with van der Waals surface area (Å²) in [5, 5.41) is 27.7. The third-order valence-electron chi connectivity index (χ3n) is 5.60. The zero-order valence-electron chi connectivity index (χ0n) is 16.0. The first-order valence-electron chi connectivity index (χ1n) is 9.02. The second kappa shape index (κ2) is 7.28. The van der Waals surface area contributed by atoms with Crippen molar-refractivity contribution in [2.24, 2.45) is 17.6 Å². The Bertz CT molecular complexity index is 763. The monoisotopic (exact) mass is 411 g/mol. The Hall–Kier alpha value is -2.27. The summed E-state index contributed by atoms with van der Waals surface area (Å²) in [6.07, 6.45) is -0.822. The number of aliphatic carboxylic acids is 1. The van der Waals surface area contributed by atoms with Gasteiger partial charge in [0.15, 0.2) is 0 Å². The van der Waals surface area contributed by atoms with Crippen molar-refractivity contribution in [3.63, 3.8) is 0 Å². The molecular weight excluding hydrogens is 386 g/mol. The number of fused-ring (bicyclic) bond motifs is 1. The van der Waals surface area contributed by atoms with E-state index in [-0.39, 0.29) is 41.2 Å². The lowest BCUT2D eigenvalue weighted by atomic mass is 9.79. The van der Waals surface area contributed by atoms with Gasteiger partial charge in [0, 0.05) is 36.2 Å². The number of β-lactam (4-membered cyclic amide) rings is 1. The molecule has 2 fully saturated rings. The highest BCUT2D eigenvalue weighted by molar-refractivity contribution is 8.03. The molecule has 0 radical (unpaired) electrons. The van der Waals surface area contributed by atoms with Gasteiger partial charge in [-0.3, -0.25) is 10.2 Å². The number of carbonyl (C=O) groups is 3. The fourth-order valence-electron chi connectivity index (χ4n) is 3.99. The first-order chi connectivity index (χ1) is 13.0. The summed E-state index contributed by atoms with van der Waals surface area (Å²) in [4.78, 5) is 40.2. The lowest BCUT2D eigenvalue weighted by Gasteiger charge is -2.46. The Balaban J connectivity index is 1.65. The summed E-state index contributed by atoms with van der Waals surface area (Å²) >= 11 is 1.43. The van der Waals surface area contributed by atoms with Crippen LogP contribution < -0.4 is 5.73 Å². The van der Waals surface area contributed by atoms with Crippen molar-refractivity contribution in [2.75, 3.05) is 26.7 Å². The van der Waals surface area contributed by atoms with Crippen LogP contribution in [-0.2, 0) is 9.59 Å². The SMILES string of the molecule is C[C@@H](O)[C@H]1C(=O)N2C(C(=O)O)=C(SC3CN(C(=N)CN(C)C(N)=O)C3)[C@H](C)[C@H]12. The van der Waals surface area contributed by atoms with Gasteiger partial charge in [0.05, 0.1) is 24.6 Å². The molecule has 0 unspecified atom stereocenters. The number of primary amides is 1. The van der Waals surface area contributed by atoms with Crippen LogP contribution in [-0.4, -0.2) is 92.7 Å². The molecule has 11 heteroatoms. The molecule has 0 saturated carbocycles. The van der Waals surface area contributed by atoms with Crippen molar-refractivity contribution in [1.29, 1.82) is 5.41 Å². The number of nitrogens with zero attached hydrogens (tertiary/aromatic N) is 3. The number of likely N-dealkylation sites (N-methyl/N-ethyl adjacent to an activating group) is 1. The normalized spacial score (nSPS) is 27.9. The number of likely N-dealkylation sites (tertiary alicyclic amines) is 1. The fourth-order valence-corrected chi connectivity index (χ4v) is 5.51. The summed E-state index contributed by atoms with van der Waals surface area (Å²) < 4.78 is 0. The third-order valence-corrected chi connectivity index (χ3v) is 7.05. The number of urea groups is 1. The van der Waals surface area contributed by atoms with Crippen molar-refractivity contribution >= 4 is 35.5 Å². The lowest BCUT2D eigenvalue weighted by Crippen LogP contribution is -2.63. The molecule has 4 atom stereocenters. The molecule has 3 heterocycles. The van der Waals surface area contributed by atoms with Crippen LogP contribution in [0.25, 0.3) is 0 Å². The van der Waals surface area contributed by atoms with E-state index in [0.717, 1.165) is 0 Å². The summed E-state index contributed by atoms with van der Waals surface area (Å²) in [6.45, 7) is 4.66. The first kappa shape index (κ1) is 20.5. The predicted molar refractivity (Wildman–Crippen MR) is 103 cm³/mol. The zero-order chi connectivity index (χ0) is 20.9. The van der Waals surface area contributed by atoms with E-state index in [1.165, 1.54) is 28.6 Å². The number of nitrogens with one attached hydrogen (secondary N) is 1. The molecule has 5 N–H and O–H groups in total. The van der Waals surface area contributed by atoms with Crippen molar-refractivity contribution in [3.8, 4) is 0 Å². The number of amides is 3. The fraction of sp³-hybridized carbons (Fsp3) is 0.647. The van der Waals surface area contributed by atoms with Gasteiger partial charge in [-0.2, -0.15) is 0 Å². The molecule has 0 spiro atoms. The van der Waals surface area contributed by atoms with Crippen molar-refractivity contribution in [1.82, 2.24) is 14.7 Å². The molecule has 3 amide bonds. The number of aliphatic hydroxyl groups excluding tert-OH is 1. The minimum atomic E-state index is -1.14. The highest BCUT2D eigenvalue weighted by Gasteiger charge is 2.60. The molecule has 3 aliphatic heterocycles. The molecule has 2 saturated heterocycles. The molecule has 0 bridgehead atoms. The third kappa shape index (κ3) is 3.22. The van der Waals surface area contributed by atoms with Gasteiger partial charge in [-0.15, -0.1) is 11.8 Å². The zero-order valence-corrected chi connectivity index (χ0v) is 16.8. The van der Waals surface area contributed by atoms with Gasteiger partial charge < -0.3 is 30.6 Å². The molecule has 0 aromatic rings. The van der Waals surface area contributed by atoms with Gasteiger partial charge in [0.1, 0.15) is 11.5 Å². The van der Waals surface area contributed by atoms with Crippen molar-refractivity contribution in [2.45, 2.75) is 31.2 Å². The number of thioether (sulfide) groups is 1. The average Bonchev–Trinajstić information content (AvgIpc) is 2.78. The smallest absolute Gasteiger partial charge is 0.353 e. The van der Waals surface area contributed by atoms with Gasteiger partial charge >= 0.3 is 12.0 Å². The van der Waals surface area contributed by atoms with E-state index in [1.54, 1.807) is 11.8 Å². The van der Waals surface area contributed by atoms with Crippen molar-refractivity contribution < 1.29 is 24.6 Å². The minimum absolute atomic E-state index is 0.0198. The molecule has 28 heavy (non-hydrogen) atoms. The molecule has 3 rings (SSSR count). The van der Waals surface area contributed by atoms with Crippen molar-refractivity contribution in [3.05, 3.63) is 10.6 Å². The quantitative estimate of drug-likeness (QED) is 0.262. The minimum Gasteiger partial charge on any atom is -0.477 e. The molecule has 0 aliphatic carbocycles. The van der Waals surface area contributed by atoms with E-state index in [1.807, 2.05) is 6.92 Å². The molecular formula is C17H25N5O5S. The number of carbonyl (C=O) groups excluding carboxylic acids is 2. The maximum Gasteiger partial charge on any atom is 0.353 e. The van der Waals surface area contributed by atoms with E-state index >= 15 is 0 Å². The first-order valence-corrected chi connectivity index (χ1v) is 9.90. The topological polar surface area (TPSA) is 151 Å². The van der Waals surface area contributed by atoms with Gasteiger partial charge in [0.25, 0.3) is 0 Å². The highest BCUT2D eigenvalue weighted by Crippen LogP contribution is 2.51. The average molecular weight is 411 g/mol. The second-order valence-electron chi connectivity index (χ2n) is 7.56. The molecule has 0 aromatic carbocycles. The maximum absolute atomic E-state index is 12.3. The van der Waals surface area contributed by atoms with E-state index in [0.29, 0.717) is 18.0 Å². The number of carboxylic acid groups (broad SMARTS) is 1. The van der Waals surface area contributed by atoms with Crippen LogP contribution in [0.1, 0.15) is 13.8 Å². The Kier molecular flexibility index (Phi) is 5.32. The number of carboxylic acids is 1. The van der Waals surface area contributed by atoms with Gasteiger partial charge in [0.2, 0.25) is 5.91 Å². The van der Waals surface area contributed by atoms with Crippen LogP contribution in [0.2, 0.25) is 0 Å². The number of hydrogen-bond donors (Lipinski definition) is 4. The molecule has 3 aliphatic rings. The molecule has 10 nitrogen and oxygen atoms in total. The highest BCUT2D eigenvalue weighted by atomic mass is 32.2. The number of amidine groups is 1. The Morgan fingerprint density at radius 1 is 1.43 bits per heavy atom. The van der Waals surface area contributed by atoms with Gasteiger partial charge in [-0.05, 0) is 6.92 Å². The number of hydrogen-bond acceptors (Lipinski definition) is 6. The summed E-state index contributed by atoms with van der Waals surface area (Å²) in [7, 11) is 1.52. The summed E-state index contributed by atoms with van der Waals surface area (Å²) in [5.41, 5.74) is 5.19. The van der Waals surface area contributed by atoms with Gasteiger partial charge in [-0.1, -0.05) is 6.92 Å². The largest absolute Gasteiger partial charge is 0.477 e. The van der Waals surface area contributed by atoms with Crippen LogP contribution >= 0.6 is 11.8 Å². The maximum atomic E-state index is 12.3. The standard InChI is InChI=1S/C17H25N5O5S/c1-7-12-11(8(2)23)15(24)22(12)13(16(25)26)14(7)28-9-4-21(5-9)10(18)6-20(3)17(19)27/h7-9,11-12,18,23H,4-6H2,1-3H3,(H2,19,27)(H,25,26)/t7-,8-,11-,12-/m1/s1. The Morgan fingerprint density at radius 2 is 2.04 bits per heavy atom. The van der Waals surface area contributed by atoms with Crippen LogP contribution in [0.15, 0.2) is 10.6 Å². The molecule has 0 aromatic heterocycles. The van der Waals surface area contributed by atoms with E-state index in [4.69, 9.17) is 11.1 Å². The van der Waals surface area contributed by atoms with E-state index in [9.17, 15) is 24.6 Å². The second-order valence-corrected chi connectivity index (χ2v) is 8.90. The lowest BCUT2D eigenvalue weighted by molar-refractivity contribution is -0.163. The number of aliphatic hydroxyl groups is 1. The van der Waals surface area contributed by atoms with Crippen LogP contribution in [0.4, 0.5) is 4.79 Å². The number of rotatable bonds is 6. The van der Waals surface area contributed by atoms with Crippen LogP contribution in [0.3, 0.4) is 0 Å².